The Morgan fingerprint density at radius 2 is 1.93 bits per heavy atom. The summed E-state index contributed by atoms with van der Waals surface area (Å²) in [7, 11) is 1.85. The van der Waals surface area contributed by atoms with Gasteiger partial charge in [-0.25, -0.2) is 19.6 Å². The maximum atomic E-state index is 13.2. The zero-order valence-electron chi connectivity index (χ0n) is 25.4. The van der Waals surface area contributed by atoms with E-state index < -0.39 is 5.60 Å². The molecule has 2 aliphatic heterocycles. The average Bonchev–Trinajstić information content (AvgIpc) is 3.21. The molecule has 5 rings (SSSR count). The number of aryl methyl sites for hydroxylation is 1. The summed E-state index contributed by atoms with van der Waals surface area (Å²) in [5.41, 5.74) is 3.76. The summed E-state index contributed by atoms with van der Waals surface area (Å²) < 4.78 is 7.42. The van der Waals surface area contributed by atoms with Crippen LogP contribution in [-0.2, 0) is 18.3 Å². The Balaban J connectivity index is 1.38. The Morgan fingerprint density at radius 1 is 1.14 bits per heavy atom. The maximum Gasteiger partial charge on any atom is 0.410 e. The van der Waals surface area contributed by atoms with Gasteiger partial charge in [-0.15, -0.1) is 0 Å². The second-order valence-electron chi connectivity index (χ2n) is 12.8. The zero-order valence-corrected chi connectivity index (χ0v) is 25.4. The molecule has 2 aliphatic rings. The quantitative estimate of drug-likeness (QED) is 0.400. The van der Waals surface area contributed by atoms with Gasteiger partial charge in [0, 0.05) is 51.2 Å². The number of nitrogens with one attached hydrogen (secondary N) is 2. The first-order chi connectivity index (χ1) is 19.9. The van der Waals surface area contributed by atoms with Crippen LogP contribution in [0.15, 0.2) is 42.9 Å². The molecule has 1 aromatic carbocycles. The van der Waals surface area contributed by atoms with Crippen molar-refractivity contribution in [3.05, 3.63) is 54.0 Å². The Morgan fingerprint density at radius 3 is 2.62 bits per heavy atom. The van der Waals surface area contributed by atoms with Crippen LogP contribution in [0.2, 0.25) is 0 Å². The minimum absolute atomic E-state index is 0.0531. The number of aromatic nitrogens is 4. The van der Waals surface area contributed by atoms with Gasteiger partial charge in [0.15, 0.2) is 0 Å². The van der Waals surface area contributed by atoms with Crippen molar-refractivity contribution < 1.29 is 14.3 Å². The first kappa shape index (κ1) is 29.3. The lowest BCUT2D eigenvalue weighted by molar-refractivity contribution is 0.0234. The topological polar surface area (TPSA) is 118 Å². The first-order valence-electron chi connectivity index (χ1n) is 14.7. The van der Waals surface area contributed by atoms with Crippen LogP contribution >= 0.6 is 0 Å². The average molecular weight is 575 g/mol. The molecule has 2 aromatic heterocycles. The monoisotopic (exact) mass is 574 g/mol. The number of anilines is 2. The second kappa shape index (κ2) is 12.0. The van der Waals surface area contributed by atoms with Crippen molar-refractivity contribution in [1.82, 2.24) is 34.9 Å². The molecule has 4 heterocycles. The normalized spacial score (nSPS) is 17.4. The molecular formula is C31H42N8O3. The molecule has 42 heavy (non-hydrogen) atoms. The van der Waals surface area contributed by atoms with Gasteiger partial charge >= 0.3 is 12.1 Å². The molecule has 11 heteroatoms. The molecule has 1 atom stereocenters. The van der Waals surface area contributed by atoms with Crippen molar-refractivity contribution in [3.8, 4) is 11.3 Å². The molecule has 0 spiro atoms. The van der Waals surface area contributed by atoms with E-state index in [1.54, 1.807) is 22.0 Å². The lowest BCUT2D eigenvalue weighted by Crippen LogP contribution is -2.54. The van der Waals surface area contributed by atoms with Gasteiger partial charge in [-0.1, -0.05) is 26.0 Å². The van der Waals surface area contributed by atoms with Crippen LogP contribution < -0.4 is 10.6 Å². The third-order valence-electron chi connectivity index (χ3n) is 7.48. The van der Waals surface area contributed by atoms with E-state index in [0.717, 1.165) is 47.6 Å². The smallest absolute Gasteiger partial charge is 0.410 e. The summed E-state index contributed by atoms with van der Waals surface area (Å²) in [4.78, 5) is 39.0. The van der Waals surface area contributed by atoms with E-state index in [1.807, 2.05) is 57.1 Å². The van der Waals surface area contributed by atoms with Crippen molar-refractivity contribution in [1.29, 1.82) is 0 Å². The van der Waals surface area contributed by atoms with Crippen LogP contribution in [0.4, 0.5) is 21.2 Å². The molecule has 0 radical (unpaired) electrons. The largest absolute Gasteiger partial charge is 0.444 e. The Labute approximate surface area is 247 Å². The molecule has 224 valence electrons. The standard InChI is InChI=1S/C31H42N8O3/c1-20(2)13-21-16-39(17-21)29(40)36-27-10-12-38(30(41)42-31(3,4)5)18-23-14-22(7-8-25(23)27)26-9-11-32-28(35-26)34-24-15-33-37(6)19-24/h7-9,11,14-15,19-21,27H,10,12-13,16-18H2,1-6H3,(H,36,40)(H,32,34,35). The number of ether oxygens (including phenoxy) is 1. The second-order valence-corrected chi connectivity index (χ2v) is 12.8. The molecule has 0 bridgehead atoms. The number of nitrogens with zero attached hydrogens (tertiary/aromatic N) is 6. The van der Waals surface area contributed by atoms with E-state index in [2.05, 4.69) is 40.6 Å². The fraction of sp³-hybridized carbons (Fsp3) is 0.516. The summed E-state index contributed by atoms with van der Waals surface area (Å²) in [6.07, 6.45) is 6.63. The summed E-state index contributed by atoms with van der Waals surface area (Å²) in [6, 6.07) is 7.68. The molecule has 1 saturated heterocycles. The highest BCUT2D eigenvalue weighted by Crippen LogP contribution is 2.32. The number of amides is 3. The van der Waals surface area contributed by atoms with Crippen molar-refractivity contribution in [3.63, 3.8) is 0 Å². The first-order valence-corrected chi connectivity index (χ1v) is 14.7. The predicted octanol–water partition coefficient (Wildman–Crippen LogP) is 5.49. The van der Waals surface area contributed by atoms with Crippen LogP contribution in [0.5, 0.6) is 0 Å². The molecule has 2 N–H and O–H groups in total. The Hall–Kier alpha value is -4.15. The van der Waals surface area contributed by atoms with E-state index in [1.165, 1.54) is 0 Å². The number of rotatable bonds is 6. The van der Waals surface area contributed by atoms with Crippen molar-refractivity contribution in [2.45, 2.75) is 65.6 Å². The number of hydrogen-bond acceptors (Lipinski definition) is 7. The number of benzene rings is 1. The van der Waals surface area contributed by atoms with Gasteiger partial charge in [-0.3, -0.25) is 4.68 Å². The summed E-state index contributed by atoms with van der Waals surface area (Å²) in [5, 5.41) is 10.6. The van der Waals surface area contributed by atoms with Gasteiger partial charge in [0.1, 0.15) is 5.60 Å². The number of urea groups is 1. The highest BCUT2D eigenvalue weighted by Gasteiger charge is 2.34. The SMILES string of the molecule is CC(C)CC1CN(C(=O)NC2CCN(C(=O)OC(C)(C)C)Cc3cc(-c4ccnc(Nc5cnn(C)c5)n4)ccc32)C1. The van der Waals surface area contributed by atoms with E-state index in [-0.39, 0.29) is 18.2 Å². The van der Waals surface area contributed by atoms with Crippen molar-refractivity contribution >= 4 is 23.8 Å². The third-order valence-corrected chi connectivity index (χ3v) is 7.48. The van der Waals surface area contributed by atoms with Crippen LogP contribution in [0, 0.1) is 11.8 Å². The number of hydrogen-bond donors (Lipinski definition) is 2. The van der Waals surface area contributed by atoms with Crippen molar-refractivity contribution in [2.24, 2.45) is 18.9 Å². The minimum atomic E-state index is -0.607. The lowest BCUT2D eigenvalue weighted by atomic mass is 9.90. The fourth-order valence-corrected chi connectivity index (χ4v) is 5.59. The Bertz CT molecular complexity index is 1420. The number of carbonyl (C=O) groups is 2. The van der Waals surface area contributed by atoms with Crippen LogP contribution in [0.3, 0.4) is 0 Å². The lowest BCUT2D eigenvalue weighted by Gasteiger charge is -2.40. The summed E-state index contributed by atoms with van der Waals surface area (Å²) in [6.45, 7) is 12.4. The van der Waals surface area contributed by atoms with Gasteiger partial charge < -0.3 is 25.2 Å². The highest BCUT2D eigenvalue weighted by atomic mass is 16.6. The van der Waals surface area contributed by atoms with Gasteiger partial charge in [0.2, 0.25) is 5.95 Å². The van der Waals surface area contributed by atoms with Crippen LogP contribution in [-0.4, -0.2) is 66.9 Å². The molecule has 3 amide bonds. The molecule has 1 unspecified atom stereocenters. The highest BCUT2D eigenvalue weighted by molar-refractivity contribution is 5.76. The predicted molar refractivity (Wildman–Crippen MR) is 161 cm³/mol. The van der Waals surface area contributed by atoms with Gasteiger partial charge in [-0.05, 0) is 68.7 Å². The molecule has 11 nitrogen and oxygen atoms in total. The molecule has 0 saturated carbocycles. The summed E-state index contributed by atoms with van der Waals surface area (Å²) in [5.74, 6) is 1.65. The molecule has 0 aliphatic carbocycles. The van der Waals surface area contributed by atoms with Crippen LogP contribution in [0.25, 0.3) is 11.3 Å². The van der Waals surface area contributed by atoms with E-state index in [9.17, 15) is 9.59 Å². The van der Waals surface area contributed by atoms with Gasteiger partial charge in [0.05, 0.1) is 23.6 Å². The molecule has 3 aromatic rings. The number of carbonyl (C=O) groups excluding carboxylic acids is 2. The summed E-state index contributed by atoms with van der Waals surface area (Å²) >= 11 is 0. The van der Waals surface area contributed by atoms with E-state index in [4.69, 9.17) is 9.72 Å². The molecular weight excluding hydrogens is 532 g/mol. The fourth-order valence-electron chi connectivity index (χ4n) is 5.59. The zero-order chi connectivity index (χ0) is 30.0. The molecule has 1 fully saturated rings. The van der Waals surface area contributed by atoms with E-state index >= 15 is 0 Å². The van der Waals surface area contributed by atoms with Crippen molar-refractivity contribution in [2.75, 3.05) is 25.0 Å². The number of fused-ring (bicyclic) bond motifs is 1. The van der Waals surface area contributed by atoms with Crippen LogP contribution in [0.1, 0.15) is 64.6 Å². The van der Waals surface area contributed by atoms with E-state index in [0.29, 0.717) is 37.3 Å². The third kappa shape index (κ3) is 7.18. The van der Waals surface area contributed by atoms with Gasteiger partial charge in [-0.2, -0.15) is 5.10 Å². The maximum absolute atomic E-state index is 13.2. The number of likely N-dealkylation sites (tertiary alicyclic amines) is 1. The Kier molecular flexibility index (Phi) is 8.38. The van der Waals surface area contributed by atoms with Gasteiger partial charge in [0.25, 0.3) is 0 Å². The minimum Gasteiger partial charge on any atom is -0.444 e.